The summed E-state index contributed by atoms with van der Waals surface area (Å²) in [5.41, 5.74) is 0. The molecule has 0 heteroatoms. The fourth-order valence-electron chi connectivity index (χ4n) is 1.44. The Kier molecular flexibility index (Phi) is 12.0. The van der Waals surface area contributed by atoms with Crippen molar-refractivity contribution in [3.8, 4) is 0 Å². The van der Waals surface area contributed by atoms with Gasteiger partial charge in [-0.3, -0.25) is 0 Å². The average molecular weight is 186 g/mol. The van der Waals surface area contributed by atoms with E-state index in [1.165, 1.54) is 19.3 Å². The van der Waals surface area contributed by atoms with E-state index in [1.54, 1.807) is 0 Å². The van der Waals surface area contributed by atoms with E-state index < -0.39 is 0 Å². The van der Waals surface area contributed by atoms with Crippen LogP contribution in [-0.4, -0.2) is 0 Å². The van der Waals surface area contributed by atoms with Crippen LogP contribution in [0.3, 0.4) is 0 Å². The van der Waals surface area contributed by atoms with Crippen LogP contribution < -0.4 is 0 Å². The molecule has 0 bridgehead atoms. The summed E-state index contributed by atoms with van der Waals surface area (Å²) in [5.74, 6) is 2.73. The number of rotatable bonds is 5. The van der Waals surface area contributed by atoms with Gasteiger partial charge in [0.05, 0.1) is 0 Å². The smallest absolute Gasteiger partial charge is 0.0415 e. The Morgan fingerprint density at radius 2 is 1.23 bits per heavy atom. The van der Waals surface area contributed by atoms with Crippen LogP contribution in [0.4, 0.5) is 0 Å². The first kappa shape index (κ1) is 15.5. The van der Waals surface area contributed by atoms with Crippen molar-refractivity contribution >= 4 is 0 Å². The predicted molar refractivity (Wildman–Crippen MR) is 64.0 cm³/mol. The predicted octanol–water partition coefficient (Wildman–Crippen LogP) is 5.13. The zero-order valence-electron chi connectivity index (χ0n) is 10.9. The monoisotopic (exact) mass is 186 g/mol. The third-order valence-corrected chi connectivity index (χ3v) is 3.09. The van der Waals surface area contributed by atoms with E-state index >= 15 is 0 Å². The molecule has 0 aromatic carbocycles. The molecule has 0 aromatic rings. The number of hydrogen-bond acceptors (Lipinski definition) is 0. The van der Waals surface area contributed by atoms with Crippen molar-refractivity contribution in [3.05, 3.63) is 0 Å². The molecule has 0 saturated carbocycles. The topological polar surface area (TPSA) is 0 Å². The summed E-state index contributed by atoms with van der Waals surface area (Å²) in [7, 11) is 0. The summed E-state index contributed by atoms with van der Waals surface area (Å²) in [4.78, 5) is 0. The van der Waals surface area contributed by atoms with Crippen molar-refractivity contribution < 1.29 is 0 Å². The summed E-state index contributed by atoms with van der Waals surface area (Å²) < 4.78 is 0. The largest absolute Gasteiger partial charge is 0.0683 e. The van der Waals surface area contributed by atoms with Crippen molar-refractivity contribution in [2.45, 2.75) is 67.7 Å². The lowest BCUT2D eigenvalue weighted by Crippen LogP contribution is -2.10. The minimum atomic E-state index is 0.906. The highest BCUT2D eigenvalue weighted by Gasteiger charge is 2.12. The van der Waals surface area contributed by atoms with Crippen LogP contribution in [-0.2, 0) is 0 Å². The third-order valence-electron chi connectivity index (χ3n) is 3.09. The Labute approximate surface area is 86.1 Å². The Morgan fingerprint density at radius 3 is 1.54 bits per heavy atom. The second kappa shape index (κ2) is 10.1. The highest BCUT2D eigenvalue weighted by molar-refractivity contribution is 4.63. The van der Waals surface area contributed by atoms with E-state index in [2.05, 4.69) is 34.6 Å². The van der Waals surface area contributed by atoms with E-state index in [1.807, 2.05) is 13.8 Å². The molecule has 0 spiro atoms. The first-order valence-corrected chi connectivity index (χ1v) is 6.11. The second-order valence-electron chi connectivity index (χ2n) is 4.11. The fraction of sp³-hybridized carbons (Fsp3) is 1.00. The maximum absolute atomic E-state index is 2.39. The second-order valence-corrected chi connectivity index (χ2v) is 4.11. The Hall–Kier alpha value is 0. The van der Waals surface area contributed by atoms with Gasteiger partial charge in [-0.15, -0.1) is 0 Å². The Balaban J connectivity index is 0. The molecular weight excluding hydrogens is 156 g/mol. The quantitative estimate of drug-likeness (QED) is 0.558. The molecule has 0 heterocycles. The molecule has 0 rings (SSSR count). The van der Waals surface area contributed by atoms with E-state index in [-0.39, 0.29) is 0 Å². The maximum Gasteiger partial charge on any atom is -0.0415 e. The molecule has 0 aromatic heterocycles. The van der Waals surface area contributed by atoms with Gasteiger partial charge in [0, 0.05) is 0 Å². The molecule has 0 aliphatic heterocycles. The molecule has 0 nitrogen and oxygen atoms in total. The molecule has 0 fully saturated rings. The standard InChI is InChI=1S/C11H24.C2H6/c1-6-9(3)8-11(5)10(4)7-2;1-2/h9-11H,6-8H2,1-5H3;1-2H3/t9-,10-,11-;/m0./s1. The minimum absolute atomic E-state index is 0.906. The first-order valence-electron chi connectivity index (χ1n) is 6.11. The highest BCUT2D eigenvalue weighted by atomic mass is 14.2. The molecule has 0 aliphatic carbocycles. The lowest BCUT2D eigenvalue weighted by molar-refractivity contribution is 0.303. The van der Waals surface area contributed by atoms with Crippen molar-refractivity contribution in [1.82, 2.24) is 0 Å². The Morgan fingerprint density at radius 1 is 0.769 bits per heavy atom. The van der Waals surface area contributed by atoms with E-state index in [0.717, 1.165) is 17.8 Å². The number of hydrogen-bond donors (Lipinski definition) is 0. The lowest BCUT2D eigenvalue weighted by atomic mass is 9.85. The summed E-state index contributed by atoms with van der Waals surface area (Å²) in [5, 5.41) is 0. The molecule has 3 atom stereocenters. The average Bonchev–Trinajstić information content (AvgIpc) is 2.19. The van der Waals surface area contributed by atoms with Gasteiger partial charge in [0.25, 0.3) is 0 Å². The van der Waals surface area contributed by atoms with Crippen molar-refractivity contribution in [2.24, 2.45) is 17.8 Å². The summed E-state index contributed by atoms with van der Waals surface area (Å²) >= 11 is 0. The van der Waals surface area contributed by atoms with Crippen LogP contribution in [0.15, 0.2) is 0 Å². The molecule has 0 amide bonds. The molecule has 0 unspecified atom stereocenters. The van der Waals surface area contributed by atoms with Gasteiger partial charge in [-0.25, -0.2) is 0 Å². The van der Waals surface area contributed by atoms with Crippen LogP contribution in [0.25, 0.3) is 0 Å². The van der Waals surface area contributed by atoms with Crippen LogP contribution in [0.2, 0.25) is 0 Å². The van der Waals surface area contributed by atoms with Crippen LogP contribution >= 0.6 is 0 Å². The molecule has 0 radical (unpaired) electrons. The summed E-state index contributed by atoms with van der Waals surface area (Å²) in [6.07, 6.45) is 4.07. The van der Waals surface area contributed by atoms with Crippen LogP contribution in [0.1, 0.15) is 67.7 Å². The van der Waals surface area contributed by atoms with Crippen LogP contribution in [0.5, 0.6) is 0 Å². The van der Waals surface area contributed by atoms with Gasteiger partial charge in [0.2, 0.25) is 0 Å². The van der Waals surface area contributed by atoms with Gasteiger partial charge < -0.3 is 0 Å². The summed E-state index contributed by atoms with van der Waals surface area (Å²) in [6, 6.07) is 0. The first-order chi connectivity index (χ1) is 6.11. The van der Waals surface area contributed by atoms with Gasteiger partial charge in [-0.1, -0.05) is 61.3 Å². The van der Waals surface area contributed by atoms with Crippen molar-refractivity contribution in [3.63, 3.8) is 0 Å². The van der Waals surface area contributed by atoms with Crippen molar-refractivity contribution in [1.29, 1.82) is 0 Å². The van der Waals surface area contributed by atoms with E-state index in [9.17, 15) is 0 Å². The highest BCUT2D eigenvalue weighted by Crippen LogP contribution is 2.23. The van der Waals surface area contributed by atoms with Gasteiger partial charge in [-0.2, -0.15) is 0 Å². The fourth-order valence-corrected chi connectivity index (χ4v) is 1.44. The van der Waals surface area contributed by atoms with Gasteiger partial charge in [0.15, 0.2) is 0 Å². The molecule has 13 heavy (non-hydrogen) atoms. The Bertz CT molecular complexity index is 86.0. The van der Waals surface area contributed by atoms with Gasteiger partial charge in [0.1, 0.15) is 0 Å². The third kappa shape index (κ3) is 8.33. The molecule has 0 aliphatic rings. The zero-order valence-corrected chi connectivity index (χ0v) is 10.9. The van der Waals surface area contributed by atoms with Crippen LogP contribution in [0, 0.1) is 17.8 Å². The normalized spacial score (nSPS) is 16.8. The molecule has 0 N–H and O–H groups in total. The lowest BCUT2D eigenvalue weighted by Gasteiger charge is -2.21. The minimum Gasteiger partial charge on any atom is -0.0683 e. The maximum atomic E-state index is 2.39. The molecule has 82 valence electrons. The van der Waals surface area contributed by atoms with E-state index in [4.69, 9.17) is 0 Å². The zero-order chi connectivity index (χ0) is 10.9. The van der Waals surface area contributed by atoms with Gasteiger partial charge in [-0.05, 0) is 24.2 Å². The van der Waals surface area contributed by atoms with Gasteiger partial charge >= 0.3 is 0 Å². The van der Waals surface area contributed by atoms with Crippen molar-refractivity contribution in [2.75, 3.05) is 0 Å². The molecule has 0 saturated heterocycles. The molecular formula is C13H30. The SMILES string of the molecule is CC.CC[C@H](C)C[C@H](C)[C@@H](C)CC. The van der Waals surface area contributed by atoms with E-state index in [0.29, 0.717) is 0 Å². The summed E-state index contributed by atoms with van der Waals surface area (Å²) in [6.45, 7) is 15.7.